The fourth-order valence-corrected chi connectivity index (χ4v) is 9.22. The number of hydrogen-bond acceptors (Lipinski definition) is 3. The second-order valence-electron chi connectivity index (χ2n) is 12.5. The number of Topliss-reactive ketones (excluding diaryl/α,β-unsaturated/α-hetero) is 1. The summed E-state index contributed by atoms with van der Waals surface area (Å²) in [5.41, 5.74) is 0.668. The lowest BCUT2D eigenvalue weighted by Crippen LogP contribution is -2.51. The van der Waals surface area contributed by atoms with Crippen LogP contribution in [0.25, 0.3) is 10.8 Å². The number of carbonyl (C=O) groups excluding carboxylic acids is 1. The molecule has 0 amide bonds. The van der Waals surface area contributed by atoms with Crippen LogP contribution in [0.2, 0.25) is 0 Å². The first-order chi connectivity index (χ1) is 15.9. The molecule has 176 valence electrons. The van der Waals surface area contributed by atoms with Crippen molar-refractivity contribution in [3.63, 3.8) is 0 Å². The molecule has 3 heteroatoms. The Morgan fingerprint density at radius 3 is 2.67 bits per heavy atom. The van der Waals surface area contributed by atoms with Crippen molar-refractivity contribution in [1.82, 2.24) is 4.98 Å². The van der Waals surface area contributed by atoms with Gasteiger partial charge in [-0.2, -0.15) is 0 Å². The summed E-state index contributed by atoms with van der Waals surface area (Å²) < 4.78 is 0. The summed E-state index contributed by atoms with van der Waals surface area (Å²) in [4.78, 5) is 18.3. The molecule has 4 aliphatic carbocycles. The molecule has 4 saturated carbocycles. The molecule has 0 radical (unpaired) electrons. The monoisotopic (exact) mass is 445 g/mol. The molecule has 0 aliphatic heterocycles. The molecule has 33 heavy (non-hydrogen) atoms. The Hall–Kier alpha value is -1.74. The summed E-state index contributed by atoms with van der Waals surface area (Å²) >= 11 is 0. The Morgan fingerprint density at radius 2 is 1.79 bits per heavy atom. The quantitative estimate of drug-likeness (QED) is 0.597. The van der Waals surface area contributed by atoms with Crippen LogP contribution in [0, 0.1) is 40.9 Å². The molecule has 1 aromatic carbocycles. The van der Waals surface area contributed by atoms with Crippen molar-refractivity contribution in [2.24, 2.45) is 40.9 Å². The van der Waals surface area contributed by atoms with Crippen LogP contribution in [0.1, 0.15) is 77.3 Å². The second kappa shape index (κ2) is 7.90. The molecule has 0 spiro atoms. The molecular weight excluding hydrogens is 406 g/mol. The Balaban J connectivity index is 1.21. The molecule has 6 rings (SSSR count). The van der Waals surface area contributed by atoms with E-state index in [9.17, 15) is 9.90 Å². The van der Waals surface area contributed by atoms with Crippen LogP contribution in [-0.4, -0.2) is 21.5 Å². The number of aromatic nitrogens is 1. The summed E-state index contributed by atoms with van der Waals surface area (Å²) in [6.07, 6.45) is 12.9. The lowest BCUT2D eigenvalue weighted by molar-refractivity contribution is -0.131. The topological polar surface area (TPSA) is 50.2 Å². The predicted octanol–water partition coefficient (Wildman–Crippen LogP) is 6.37. The van der Waals surface area contributed by atoms with Crippen molar-refractivity contribution in [3.05, 3.63) is 42.2 Å². The Bertz CT molecular complexity index is 1050. The number of carbonyl (C=O) groups is 1. The van der Waals surface area contributed by atoms with E-state index in [0.29, 0.717) is 18.1 Å². The van der Waals surface area contributed by atoms with E-state index in [1.807, 2.05) is 25.3 Å². The van der Waals surface area contributed by atoms with Crippen LogP contribution in [0.3, 0.4) is 0 Å². The number of pyridine rings is 1. The maximum atomic E-state index is 13.7. The van der Waals surface area contributed by atoms with Crippen molar-refractivity contribution in [2.45, 2.75) is 83.7 Å². The number of nitrogens with zero attached hydrogens (tertiary/aromatic N) is 1. The molecule has 3 nitrogen and oxygen atoms in total. The lowest BCUT2D eigenvalue weighted by Gasteiger charge is -2.56. The van der Waals surface area contributed by atoms with Gasteiger partial charge in [-0.25, -0.2) is 0 Å². The normalized spacial score (nSPS) is 42.4. The minimum absolute atomic E-state index is 0.163. The third kappa shape index (κ3) is 3.57. The maximum Gasteiger partial charge on any atom is 0.142 e. The highest BCUT2D eigenvalue weighted by molar-refractivity contribution is 5.91. The van der Waals surface area contributed by atoms with E-state index in [1.54, 1.807) is 0 Å². The smallest absolute Gasteiger partial charge is 0.142 e. The molecule has 1 aromatic heterocycles. The Kier molecular flexibility index (Phi) is 5.21. The van der Waals surface area contributed by atoms with Crippen molar-refractivity contribution in [1.29, 1.82) is 0 Å². The van der Waals surface area contributed by atoms with Crippen molar-refractivity contribution in [2.75, 3.05) is 0 Å². The van der Waals surface area contributed by atoms with E-state index in [1.165, 1.54) is 43.9 Å². The van der Waals surface area contributed by atoms with E-state index in [0.717, 1.165) is 54.0 Å². The molecule has 1 N–H and O–H groups in total. The molecule has 0 saturated heterocycles. The zero-order valence-corrected chi connectivity index (χ0v) is 20.3. The highest BCUT2D eigenvalue weighted by Crippen LogP contribution is 2.64. The Labute approximate surface area is 198 Å². The van der Waals surface area contributed by atoms with E-state index in [4.69, 9.17) is 0 Å². The highest BCUT2D eigenvalue weighted by Gasteiger charge is 2.58. The fourth-order valence-electron chi connectivity index (χ4n) is 9.22. The van der Waals surface area contributed by atoms with Crippen LogP contribution in [0.5, 0.6) is 0 Å². The van der Waals surface area contributed by atoms with Gasteiger partial charge in [0.05, 0.1) is 11.3 Å². The average molecular weight is 446 g/mol. The van der Waals surface area contributed by atoms with Crippen LogP contribution in [-0.2, 0) is 11.2 Å². The number of benzene rings is 1. The van der Waals surface area contributed by atoms with Gasteiger partial charge in [-0.15, -0.1) is 0 Å². The van der Waals surface area contributed by atoms with E-state index in [2.05, 4.69) is 30.1 Å². The second-order valence-corrected chi connectivity index (χ2v) is 12.5. The predicted molar refractivity (Wildman–Crippen MR) is 132 cm³/mol. The summed E-state index contributed by atoms with van der Waals surface area (Å²) in [5.74, 6) is 4.46. The van der Waals surface area contributed by atoms with E-state index < -0.39 is 5.60 Å². The molecule has 1 heterocycles. The summed E-state index contributed by atoms with van der Waals surface area (Å²) in [6, 6.07) is 10.4. The number of hydrogen-bond donors (Lipinski definition) is 1. The zero-order valence-electron chi connectivity index (χ0n) is 20.3. The minimum atomic E-state index is -0.447. The van der Waals surface area contributed by atoms with Gasteiger partial charge in [0.2, 0.25) is 0 Å². The van der Waals surface area contributed by atoms with E-state index in [-0.39, 0.29) is 11.3 Å². The molecule has 0 bridgehead atoms. The van der Waals surface area contributed by atoms with Crippen molar-refractivity contribution >= 4 is 16.6 Å². The van der Waals surface area contributed by atoms with Crippen LogP contribution in [0.15, 0.2) is 36.5 Å². The van der Waals surface area contributed by atoms with Crippen molar-refractivity contribution < 1.29 is 9.90 Å². The largest absolute Gasteiger partial charge is 0.390 e. The molecule has 4 fully saturated rings. The number of rotatable bonds is 3. The van der Waals surface area contributed by atoms with Crippen LogP contribution >= 0.6 is 0 Å². The first kappa shape index (κ1) is 21.8. The molecule has 2 aromatic rings. The standard InChI is InChI=1S/C30H39NO2/c1-29(33)14-11-21-20(18-29)7-8-24-23(21)12-15-30(2)25(24)9-10-26(30)28(32)17-27-22-6-4-3-5-19(22)13-16-31-27/h3-6,13,16,20-21,23-26,33H,7-12,14-15,17-18H2,1-2H3. The molecule has 8 atom stereocenters. The highest BCUT2D eigenvalue weighted by atomic mass is 16.3. The molecule has 4 aliphatic rings. The van der Waals surface area contributed by atoms with Crippen LogP contribution < -0.4 is 0 Å². The third-order valence-electron chi connectivity index (χ3n) is 10.7. The van der Waals surface area contributed by atoms with Gasteiger partial charge in [0.1, 0.15) is 5.78 Å². The van der Waals surface area contributed by atoms with Crippen molar-refractivity contribution in [3.8, 4) is 0 Å². The average Bonchev–Trinajstić information content (AvgIpc) is 3.16. The maximum absolute atomic E-state index is 13.7. The first-order valence-electron chi connectivity index (χ1n) is 13.4. The molecule has 8 unspecified atom stereocenters. The number of ketones is 1. The first-order valence-corrected chi connectivity index (χ1v) is 13.4. The van der Waals surface area contributed by atoms with Gasteiger partial charge in [-0.3, -0.25) is 9.78 Å². The van der Waals surface area contributed by atoms with Gasteiger partial charge in [0, 0.05) is 23.9 Å². The van der Waals surface area contributed by atoms with Gasteiger partial charge in [-0.1, -0.05) is 31.2 Å². The summed E-state index contributed by atoms with van der Waals surface area (Å²) in [7, 11) is 0. The fraction of sp³-hybridized carbons (Fsp3) is 0.667. The minimum Gasteiger partial charge on any atom is -0.390 e. The van der Waals surface area contributed by atoms with Gasteiger partial charge in [-0.05, 0) is 111 Å². The third-order valence-corrected chi connectivity index (χ3v) is 10.7. The zero-order chi connectivity index (χ0) is 22.8. The summed E-state index contributed by atoms with van der Waals surface area (Å²) in [6.45, 7) is 4.50. The number of aliphatic hydroxyl groups is 1. The Morgan fingerprint density at radius 1 is 0.970 bits per heavy atom. The lowest BCUT2D eigenvalue weighted by atomic mass is 9.49. The molecular formula is C30H39NO2. The SMILES string of the molecule is CC1(O)CCC2C(CCC3C2CCC2(C)C(C(=O)Cc4nccc5ccccc45)CCC32)C1. The van der Waals surface area contributed by atoms with Gasteiger partial charge >= 0.3 is 0 Å². The van der Waals surface area contributed by atoms with E-state index >= 15 is 0 Å². The number of fused-ring (bicyclic) bond motifs is 6. The van der Waals surface area contributed by atoms with Gasteiger partial charge in [0.15, 0.2) is 0 Å². The van der Waals surface area contributed by atoms with Gasteiger partial charge < -0.3 is 5.11 Å². The van der Waals surface area contributed by atoms with Crippen LogP contribution in [0.4, 0.5) is 0 Å². The summed E-state index contributed by atoms with van der Waals surface area (Å²) in [5, 5.41) is 12.9. The van der Waals surface area contributed by atoms with Gasteiger partial charge in [0.25, 0.3) is 0 Å².